The number of amides is 3. The van der Waals surface area contributed by atoms with E-state index < -0.39 is 0 Å². The van der Waals surface area contributed by atoms with Crippen molar-refractivity contribution < 1.29 is 14.4 Å². The van der Waals surface area contributed by atoms with Crippen molar-refractivity contribution in [3.05, 3.63) is 47.0 Å². The molecular weight excluding hydrogens is 376 g/mol. The van der Waals surface area contributed by atoms with E-state index in [1.807, 2.05) is 5.38 Å². The van der Waals surface area contributed by atoms with Crippen LogP contribution in [0.15, 0.2) is 35.8 Å². The number of hydrogen-bond acceptors (Lipinski definition) is 6. The van der Waals surface area contributed by atoms with Crippen LogP contribution in [0.4, 0.5) is 5.13 Å². The van der Waals surface area contributed by atoms with Gasteiger partial charge in [0.1, 0.15) is 0 Å². The molecule has 1 atom stereocenters. The highest BCUT2D eigenvalue weighted by Crippen LogP contribution is 2.27. The second kappa shape index (κ2) is 8.10. The summed E-state index contributed by atoms with van der Waals surface area (Å²) in [6.45, 7) is 1.81. The van der Waals surface area contributed by atoms with Gasteiger partial charge < -0.3 is 10.2 Å². The van der Waals surface area contributed by atoms with E-state index in [4.69, 9.17) is 0 Å². The zero-order valence-electron chi connectivity index (χ0n) is 15.5. The van der Waals surface area contributed by atoms with E-state index in [9.17, 15) is 14.4 Å². The van der Waals surface area contributed by atoms with Gasteiger partial charge in [0.2, 0.25) is 5.91 Å². The van der Waals surface area contributed by atoms with Gasteiger partial charge in [-0.2, -0.15) is 0 Å². The van der Waals surface area contributed by atoms with Gasteiger partial charge in [-0.1, -0.05) is 12.1 Å². The molecule has 0 radical (unpaired) electrons. The van der Waals surface area contributed by atoms with Gasteiger partial charge in [0, 0.05) is 43.7 Å². The van der Waals surface area contributed by atoms with E-state index in [-0.39, 0.29) is 36.7 Å². The van der Waals surface area contributed by atoms with Gasteiger partial charge in [0.05, 0.1) is 11.1 Å². The minimum atomic E-state index is -0.272. The molecular formula is C20H22N4O3S. The molecule has 28 heavy (non-hydrogen) atoms. The van der Waals surface area contributed by atoms with Crippen LogP contribution in [0, 0.1) is 0 Å². The SMILES string of the molecule is O=C(CCCN1C(=O)c2ccccc2C1=O)NCC1CCCN1c1nccs1. The van der Waals surface area contributed by atoms with Crippen molar-refractivity contribution in [2.75, 3.05) is 24.5 Å². The summed E-state index contributed by atoms with van der Waals surface area (Å²) in [5, 5.41) is 5.95. The van der Waals surface area contributed by atoms with E-state index in [2.05, 4.69) is 15.2 Å². The molecule has 1 unspecified atom stereocenters. The van der Waals surface area contributed by atoms with E-state index in [1.165, 1.54) is 4.90 Å². The Balaban J connectivity index is 1.22. The second-order valence-electron chi connectivity index (χ2n) is 7.02. The molecule has 2 aliphatic rings. The maximum atomic E-state index is 12.3. The Morgan fingerprint density at radius 1 is 1.21 bits per heavy atom. The minimum absolute atomic E-state index is 0.0532. The average Bonchev–Trinajstić information content (AvgIpc) is 3.43. The number of carbonyl (C=O) groups excluding carboxylic acids is 3. The summed E-state index contributed by atoms with van der Waals surface area (Å²) in [6, 6.07) is 7.10. The standard InChI is InChI=1S/C20H22N4O3S/c25-17(22-13-14-5-3-10-23(14)20-21-9-12-28-20)8-4-11-24-18(26)15-6-1-2-7-16(15)19(24)27/h1-2,6-7,9,12,14H,3-5,8,10-11,13H2,(H,22,25). The van der Waals surface area contributed by atoms with Crippen molar-refractivity contribution in [3.63, 3.8) is 0 Å². The van der Waals surface area contributed by atoms with Gasteiger partial charge in [-0.05, 0) is 31.4 Å². The molecule has 2 aromatic rings. The number of aromatic nitrogens is 1. The van der Waals surface area contributed by atoms with Crippen molar-refractivity contribution in [1.29, 1.82) is 0 Å². The molecule has 0 saturated carbocycles. The summed E-state index contributed by atoms with van der Waals surface area (Å²) in [5.41, 5.74) is 0.890. The molecule has 1 saturated heterocycles. The Bertz CT molecular complexity index is 848. The van der Waals surface area contributed by atoms with Crippen LogP contribution >= 0.6 is 11.3 Å². The first-order valence-corrected chi connectivity index (χ1v) is 10.4. The molecule has 1 N–H and O–H groups in total. The monoisotopic (exact) mass is 398 g/mol. The fraction of sp³-hybridized carbons (Fsp3) is 0.400. The lowest BCUT2D eigenvalue weighted by Gasteiger charge is -2.24. The van der Waals surface area contributed by atoms with E-state index in [0.29, 0.717) is 24.1 Å². The van der Waals surface area contributed by atoms with Crippen molar-refractivity contribution in [3.8, 4) is 0 Å². The number of hydrogen-bond donors (Lipinski definition) is 1. The summed E-state index contributed by atoms with van der Waals surface area (Å²) >= 11 is 1.61. The highest BCUT2D eigenvalue weighted by molar-refractivity contribution is 7.13. The average molecular weight is 398 g/mol. The zero-order valence-corrected chi connectivity index (χ0v) is 16.3. The van der Waals surface area contributed by atoms with Crippen LogP contribution in [0.5, 0.6) is 0 Å². The fourth-order valence-corrected chi connectivity index (χ4v) is 4.56. The molecule has 3 amide bonds. The Kier molecular flexibility index (Phi) is 5.38. The number of thiazole rings is 1. The van der Waals surface area contributed by atoms with Crippen molar-refractivity contribution in [1.82, 2.24) is 15.2 Å². The molecule has 3 heterocycles. The second-order valence-corrected chi connectivity index (χ2v) is 7.89. The molecule has 146 valence electrons. The quantitative estimate of drug-likeness (QED) is 0.724. The Labute approximate surface area is 167 Å². The number of imide groups is 1. The van der Waals surface area contributed by atoms with Gasteiger partial charge in [-0.25, -0.2) is 4.98 Å². The summed E-state index contributed by atoms with van der Waals surface area (Å²) < 4.78 is 0. The third kappa shape index (κ3) is 3.64. The maximum Gasteiger partial charge on any atom is 0.261 e. The number of benzene rings is 1. The van der Waals surface area contributed by atoms with E-state index in [1.54, 1.807) is 41.8 Å². The van der Waals surface area contributed by atoms with Crippen LogP contribution in [0.2, 0.25) is 0 Å². The summed E-state index contributed by atoms with van der Waals surface area (Å²) in [7, 11) is 0. The van der Waals surface area contributed by atoms with Gasteiger partial charge in [0.15, 0.2) is 5.13 Å². The minimum Gasteiger partial charge on any atom is -0.354 e. The molecule has 1 fully saturated rings. The normalized spacial score (nSPS) is 18.6. The summed E-state index contributed by atoms with van der Waals surface area (Å²) in [4.78, 5) is 44.7. The Morgan fingerprint density at radius 2 is 1.96 bits per heavy atom. The van der Waals surface area contributed by atoms with Crippen LogP contribution in [-0.2, 0) is 4.79 Å². The molecule has 4 rings (SSSR count). The first-order valence-electron chi connectivity index (χ1n) is 9.53. The highest BCUT2D eigenvalue weighted by atomic mass is 32.1. The summed E-state index contributed by atoms with van der Waals surface area (Å²) in [6.07, 6.45) is 4.68. The molecule has 0 bridgehead atoms. The lowest BCUT2D eigenvalue weighted by Crippen LogP contribution is -2.40. The molecule has 1 aromatic carbocycles. The maximum absolute atomic E-state index is 12.3. The molecule has 7 nitrogen and oxygen atoms in total. The number of fused-ring (bicyclic) bond motifs is 1. The van der Waals surface area contributed by atoms with Gasteiger partial charge in [-0.3, -0.25) is 19.3 Å². The number of carbonyl (C=O) groups is 3. The highest BCUT2D eigenvalue weighted by Gasteiger charge is 2.34. The summed E-state index contributed by atoms with van der Waals surface area (Å²) in [5.74, 6) is -0.597. The van der Waals surface area contributed by atoms with Crippen LogP contribution < -0.4 is 10.2 Å². The molecule has 8 heteroatoms. The lowest BCUT2D eigenvalue weighted by molar-refractivity contribution is -0.121. The van der Waals surface area contributed by atoms with E-state index >= 15 is 0 Å². The van der Waals surface area contributed by atoms with Crippen molar-refractivity contribution >= 4 is 34.2 Å². The van der Waals surface area contributed by atoms with E-state index in [0.717, 1.165) is 24.5 Å². The van der Waals surface area contributed by atoms with Gasteiger partial charge in [-0.15, -0.1) is 11.3 Å². The van der Waals surface area contributed by atoms with Crippen LogP contribution in [0.3, 0.4) is 0 Å². The van der Waals surface area contributed by atoms with Crippen LogP contribution in [-0.4, -0.2) is 53.3 Å². The zero-order chi connectivity index (χ0) is 19.5. The Morgan fingerprint density at radius 3 is 2.64 bits per heavy atom. The van der Waals surface area contributed by atoms with Crippen LogP contribution in [0.1, 0.15) is 46.4 Å². The van der Waals surface area contributed by atoms with Gasteiger partial charge >= 0.3 is 0 Å². The smallest absolute Gasteiger partial charge is 0.261 e. The predicted molar refractivity (Wildman–Crippen MR) is 107 cm³/mol. The third-order valence-corrected chi connectivity index (χ3v) is 6.05. The van der Waals surface area contributed by atoms with Crippen molar-refractivity contribution in [2.45, 2.75) is 31.7 Å². The number of nitrogens with one attached hydrogen (secondary N) is 1. The molecule has 0 aliphatic carbocycles. The molecule has 2 aliphatic heterocycles. The number of nitrogens with zero attached hydrogens (tertiary/aromatic N) is 3. The first-order chi connectivity index (χ1) is 13.6. The topological polar surface area (TPSA) is 82.6 Å². The predicted octanol–water partition coefficient (Wildman–Crippen LogP) is 2.30. The Hall–Kier alpha value is -2.74. The molecule has 1 aromatic heterocycles. The largest absolute Gasteiger partial charge is 0.354 e. The van der Waals surface area contributed by atoms with Gasteiger partial charge in [0.25, 0.3) is 11.8 Å². The van der Waals surface area contributed by atoms with Crippen molar-refractivity contribution in [2.24, 2.45) is 0 Å². The number of anilines is 1. The fourth-order valence-electron chi connectivity index (χ4n) is 3.82. The first kappa shape index (κ1) is 18.6. The number of rotatable bonds is 7. The van der Waals surface area contributed by atoms with Crippen LogP contribution in [0.25, 0.3) is 0 Å². The lowest BCUT2D eigenvalue weighted by atomic mass is 10.1. The third-order valence-electron chi connectivity index (χ3n) is 5.24. The molecule has 0 spiro atoms.